The number of rotatable bonds is 51. The molecule has 13 atom stereocenters. The first-order valence-electron chi connectivity index (χ1n) is 33.3. The fraction of sp³-hybridized carbons (Fsp3) is 0.754. The van der Waals surface area contributed by atoms with Gasteiger partial charge in [0.1, 0.15) is 72.5 Å². The molecular formula is C61H114N20O17. The molecule has 0 aliphatic carbocycles. The van der Waals surface area contributed by atoms with E-state index in [2.05, 4.69) is 68.8 Å². The van der Waals surface area contributed by atoms with Crippen LogP contribution in [0.2, 0.25) is 0 Å². The van der Waals surface area contributed by atoms with E-state index in [0.29, 0.717) is 58.0 Å². The summed E-state index contributed by atoms with van der Waals surface area (Å²) in [5.74, 6) is -14.8. The molecule has 0 rings (SSSR count). The number of carbonyl (C=O) groups excluding carboxylic acids is 13. The Hall–Kier alpha value is -8.39. The first-order chi connectivity index (χ1) is 46.0. The van der Waals surface area contributed by atoms with Crippen LogP contribution >= 0.6 is 0 Å². The highest BCUT2D eigenvalue weighted by atomic mass is 16.4. The molecule has 13 amide bonds. The third-order valence-corrected chi connectivity index (χ3v) is 15.1. The van der Waals surface area contributed by atoms with Gasteiger partial charge < -0.3 is 119 Å². The maximum atomic E-state index is 14.3. The van der Waals surface area contributed by atoms with E-state index in [1.165, 1.54) is 20.8 Å². The molecule has 0 aromatic heterocycles. The molecule has 98 heavy (non-hydrogen) atoms. The van der Waals surface area contributed by atoms with Gasteiger partial charge in [-0.3, -0.25) is 72.1 Å². The number of aliphatic imine (C=N–C) groups is 1. The predicted molar refractivity (Wildman–Crippen MR) is 361 cm³/mol. The molecule has 0 bridgehead atoms. The molecule has 0 aliphatic rings. The summed E-state index contributed by atoms with van der Waals surface area (Å²) in [5.41, 5.74) is 39.6. The van der Waals surface area contributed by atoms with Crippen LogP contribution in [0.1, 0.15) is 159 Å². The van der Waals surface area contributed by atoms with E-state index in [-0.39, 0.29) is 69.4 Å². The normalized spacial score (nSPS) is 15.2. The van der Waals surface area contributed by atoms with Crippen molar-refractivity contribution < 1.29 is 82.4 Å². The molecule has 0 aromatic carbocycles. The third-order valence-electron chi connectivity index (χ3n) is 15.1. The van der Waals surface area contributed by atoms with E-state index in [1.54, 1.807) is 41.5 Å². The van der Waals surface area contributed by atoms with Gasteiger partial charge in [0.25, 0.3) is 0 Å². The minimum atomic E-state index is -1.81. The van der Waals surface area contributed by atoms with Gasteiger partial charge in [-0.25, -0.2) is 0 Å². The number of hydrogen-bond acceptors (Lipinski definition) is 21. The summed E-state index contributed by atoms with van der Waals surface area (Å²) in [6, 6.07) is -18.3. The average Bonchev–Trinajstić information content (AvgIpc) is 0.871. The van der Waals surface area contributed by atoms with E-state index in [4.69, 9.17) is 45.2 Å². The smallest absolute Gasteiger partial charge is 0.325 e. The van der Waals surface area contributed by atoms with Gasteiger partial charge in [-0.2, -0.15) is 0 Å². The maximum absolute atomic E-state index is 14.3. The lowest BCUT2D eigenvalue weighted by molar-refractivity contribution is -0.141. The van der Waals surface area contributed by atoms with Crippen molar-refractivity contribution in [2.75, 3.05) is 39.4 Å². The van der Waals surface area contributed by atoms with Gasteiger partial charge in [-0.15, -0.1) is 0 Å². The fourth-order valence-corrected chi connectivity index (χ4v) is 9.43. The highest BCUT2D eigenvalue weighted by Crippen LogP contribution is 2.13. The second-order valence-electron chi connectivity index (χ2n) is 25.3. The van der Waals surface area contributed by atoms with Gasteiger partial charge in [-0.05, 0) is 142 Å². The Balaban J connectivity index is 6.77. The molecule has 0 spiro atoms. The van der Waals surface area contributed by atoms with E-state index >= 15 is 0 Å². The number of aliphatic hydroxyl groups is 2. The highest BCUT2D eigenvalue weighted by molar-refractivity contribution is 6.00. The van der Waals surface area contributed by atoms with E-state index in [1.807, 2.05) is 0 Å². The minimum Gasteiger partial charge on any atom is -0.480 e. The summed E-state index contributed by atoms with van der Waals surface area (Å²) in [6.07, 6.45) is 2.19. The Kier molecular flexibility index (Phi) is 44.2. The Morgan fingerprint density at radius 3 is 1.06 bits per heavy atom. The van der Waals surface area contributed by atoms with Gasteiger partial charge in [0.2, 0.25) is 76.8 Å². The van der Waals surface area contributed by atoms with Crippen molar-refractivity contribution in [3.8, 4) is 0 Å². The van der Waals surface area contributed by atoms with Crippen LogP contribution in [-0.2, 0) is 67.1 Å². The van der Waals surface area contributed by atoms with Crippen LogP contribution in [0, 0.1) is 17.8 Å². The zero-order valence-electron chi connectivity index (χ0n) is 58.1. The summed E-state index contributed by atoms with van der Waals surface area (Å²) in [4.78, 5) is 192. The molecule has 0 heterocycles. The van der Waals surface area contributed by atoms with Crippen LogP contribution < -0.4 is 104 Å². The first kappa shape index (κ1) is 89.6. The Morgan fingerprint density at radius 2 is 0.673 bits per heavy atom. The zero-order valence-corrected chi connectivity index (χ0v) is 58.1. The average molecular weight is 1400 g/mol. The number of nitrogens with zero attached hydrogens (tertiary/aromatic N) is 1. The summed E-state index contributed by atoms with van der Waals surface area (Å²) in [6.45, 7) is 12.5. The largest absolute Gasteiger partial charge is 0.480 e. The van der Waals surface area contributed by atoms with Gasteiger partial charge in [0.15, 0.2) is 5.96 Å². The lowest BCUT2D eigenvalue weighted by Crippen LogP contribution is -2.61. The van der Waals surface area contributed by atoms with Gasteiger partial charge in [-0.1, -0.05) is 48.0 Å². The molecule has 29 N–H and O–H groups in total. The summed E-state index contributed by atoms with van der Waals surface area (Å²) >= 11 is 0. The number of carboxylic acid groups (broad SMARTS) is 1. The fourth-order valence-electron chi connectivity index (χ4n) is 9.43. The number of aliphatic hydroxyl groups excluding tert-OH is 2. The Bertz CT molecular complexity index is 2630. The molecule has 37 heteroatoms. The number of hydrogen-bond donors (Lipinski definition) is 22. The lowest BCUT2D eigenvalue weighted by Gasteiger charge is -2.28. The first-order valence-corrected chi connectivity index (χ1v) is 33.3. The van der Waals surface area contributed by atoms with Crippen molar-refractivity contribution in [2.24, 2.45) is 62.9 Å². The van der Waals surface area contributed by atoms with Gasteiger partial charge >= 0.3 is 5.97 Å². The molecule has 560 valence electrons. The molecule has 37 nitrogen and oxygen atoms in total. The second kappa shape index (κ2) is 48.3. The predicted octanol–water partition coefficient (Wildman–Crippen LogP) is -7.29. The Labute approximate surface area is 572 Å². The van der Waals surface area contributed by atoms with E-state index < -0.39 is 193 Å². The number of nitrogens with two attached hydrogens (primary N) is 7. The maximum Gasteiger partial charge on any atom is 0.325 e. The molecule has 0 saturated carbocycles. The Morgan fingerprint density at radius 1 is 0.357 bits per heavy atom. The van der Waals surface area contributed by atoms with Crippen LogP contribution in [0.15, 0.2) is 4.99 Å². The highest BCUT2D eigenvalue weighted by Gasteiger charge is 2.37. The number of primary amides is 1. The molecule has 0 saturated heterocycles. The van der Waals surface area contributed by atoms with Crippen molar-refractivity contribution in [3.05, 3.63) is 0 Å². The SMILES string of the molecule is CC(C)C[C@H](NC(=O)[C@H](C)NC(=O)[C@H](CCCCN)NC(=O)[C@H](CCCCN)NC(=O)[C@@H](N)CCCCN)C(=O)N[C@@H](CO)C(=O)N[C@@H](CCCN=C(N)N)C(=O)N[C@@H](CCC(N)=O)C(=O)N[C@@H](CC(C)C)C(=O)N[C@@H](CO)C(=O)N[C@H](C(=O)N[C@@H](C)C(=O)N[C@@H](C)C(=O)O)C(C)C. The van der Waals surface area contributed by atoms with Crippen LogP contribution in [0.3, 0.4) is 0 Å². The molecule has 0 unspecified atom stereocenters. The summed E-state index contributed by atoms with van der Waals surface area (Å²) < 4.78 is 0. The van der Waals surface area contributed by atoms with Crippen molar-refractivity contribution in [3.63, 3.8) is 0 Å². The molecular weight excluding hydrogens is 1280 g/mol. The van der Waals surface area contributed by atoms with Crippen LogP contribution in [0.4, 0.5) is 0 Å². The monoisotopic (exact) mass is 1400 g/mol. The van der Waals surface area contributed by atoms with Crippen molar-refractivity contribution in [2.45, 2.75) is 237 Å². The number of guanidine groups is 1. The second-order valence-corrected chi connectivity index (χ2v) is 25.3. The standard InChI is InChI=1S/C61H114N20O17/c1-31(2)27-42(77-49(86)35(8)70-51(88)38(18-11-14-24-63)74-52(89)39(19-12-15-25-64)73-50(87)37(65)17-10-13-23-62)55(92)79-44(29-82)57(94)75-40(20-16-26-69-61(67)68)53(90)76-41(21-22-46(66)84)54(91)78-43(28-32(3)4)56(93)80-45(30-83)58(95)81-47(33(5)6)59(96)71-34(7)48(85)72-36(9)60(97)98/h31-45,47,82-83H,10-30,62-65H2,1-9H3,(H2,66,84)(H,70,88)(H,71,96)(H,72,85)(H,73,87)(H,74,89)(H,75,94)(H,76,90)(H,77,86)(H,78,91)(H,79,92)(H,80,93)(H,81,95)(H,97,98)(H4,67,68,69)/t34-,35-,36-,37-,38-,39-,40-,41-,42-,43-,44-,45-,47-/m0/s1. The van der Waals surface area contributed by atoms with E-state index in [0.717, 1.165) is 0 Å². The number of aliphatic carboxylic acids is 1. The lowest BCUT2D eigenvalue weighted by atomic mass is 10.0. The van der Waals surface area contributed by atoms with Crippen molar-refractivity contribution in [1.82, 2.24) is 63.8 Å². The zero-order chi connectivity index (χ0) is 74.9. The number of carbonyl (C=O) groups is 14. The van der Waals surface area contributed by atoms with Crippen LogP contribution in [0.25, 0.3) is 0 Å². The summed E-state index contributed by atoms with van der Waals surface area (Å²) in [7, 11) is 0. The minimum absolute atomic E-state index is 0.00887. The summed E-state index contributed by atoms with van der Waals surface area (Å²) in [5, 5.41) is 59.6. The molecule has 0 fully saturated rings. The van der Waals surface area contributed by atoms with Gasteiger partial charge in [0.05, 0.1) is 19.3 Å². The quantitative estimate of drug-likeness (QED) is 0.0153. The molecule has 0 aliphatic heterocycles. The molecule has 0 radical (unpaired) electrons. The topological polar surface area (TPSA) is 639 Å². The van der Waals surface area contributed by atoms with Crippen LogP contribution in [0.5, 0.6) is 0 Å². The van der Waals surface area contributed by atoms with Gasteiger partial charge in [0, 0.05) is 13.0 Å². The number of unbranched alkanes of at least 4 members (excludes halogenated alkanes) is 3. The number of carboxylic acids is 1. The van der Waals surface area contributed by atoms with Crippen LogP contribution in [-0.4, -0.2) is 222 Å². The molecule has 0 aromatic rings. The van der Waals surface area contributed by atoms with Crippen molar-refractivity contribution >= 4 is 88.7 Å². The van der Waals surface area contributed by atoms with Crippen molar-refractivity contribution in [1.29, 1.82) is 0 Å². The number of amides is 13. The third kappa shape index (κ3) is 36.3. The number of nitrogens with one attached hydrogen (secondary N) is 12. The van der Waals surface area contributed by atoms with E-state index in [9.17, 15) is 77.3 Å².